The fraction of sp³-hybridized carbons (Fsp3) is 0.400. The number of ether oxygens (including phenoxy) is 2. The third-order valence-corrected chi connectivity index (χ3v) is 3.74. The van der Waals surface area contributed by atoms with Gasteiger partial charge in [0.25, 0.3) is 0 Å². The van der Waals surface area contributed by atoms with E-state index in [1.165, 1.54) is 11.1 Å². The topological polar surface area (TPSA) is 58.9 Å². The Kier molecular flexibility index (Phi) is 7.59. The molecule has 0 spiro atoms. The van der Waals surface area contributed by atoms with E-state index >= 15 is 0 Å². The summed E-state index contributed by atoms with van der Waals surface area (Å²) in [5.74, 6) is 1.60. The van der Waals surface area contributed by atoms with Crippen LogP contribution in [0.3, 0.4) is 0 Å². The van der Waals surface area contributed by atoms with Crippen molar-refractivity contribution in [3.63, 3.8) is 0 Å². The molecule has 24 heavy (non-hydrogen) atoms. The summed E-state index contributed by atoms with van der Waals surface area (Å²) in [5, 5.41) is 18.3. The molecule has 0 fully saturated rings. The average Bonchev–Trinajstić information content (AvgIpc) is 2.62. The minimum Gasteiger partial charge on any atom is -0.494 e. The Morgan fingerprint density at radius 1 is 0.875 bits per heavy atom. The zero-order valence-corrected chi connectivity index (χ0v) is 14.1. The molecule has 0 saturated carbocycles. The van der Waals surface area contributed by atoms with E-state index < -0.39 is 6.10 Å². The van der Waals surface area contributed by atoms with Gasteiger partial charge >= 0.3 is 0 Å². The molecule has 0 heterocycles. The molecule has 0 saturated heterocycles. The lowest BCUT2D eigenvalue weighted by molar-refractivity contribution is 0.104. The summed E-state index contributed by atoms with van der Waals surface area (Å²) in [6, 6.07) is 16.0. The van der Waals surface area contributed by atoms with Crippen LogP contribution in [0.15, 0.2) is 48.5 Å². The van der Waals surface area contributed by atoms with Crippen LogP contribution in [-0.4, -0.2) is 36.1 Å². The van der Waals surface area contributed by atoms with Crippen molar-refractivity contribution in [2.45, 2.75) is 32.3 Å². The molecule has 1 unspecified atom stereocenters. The molecular weight excluding hydrogens is 304 g/mol. The largest absolute Gasteiger partial charge is 0.494 e. The van der Waals surface area contributed by atoms with Crippen molar-refractivity contribution in [3.05, 3.63) is 59.7 Å². The first-order valence-electron chi connectivity index (χ1n) is 8.43. The molecule has 1 atom stereocenters. The highest BCUT2D eigenvalue weighted by atomic mass is 16.5. The van der Waals surface area contributed by atoms with Crippen LogP contribution in [0.5, 0.6) is 11.5 Å². The van der Waals surface area contributed by atoms with Crippen molar-refractivity contribution < 1.29 is 19.7 Å². The van der Waals surface area contributed by atoms with E-state index in [1.807, 2.05) is 43.3 Å². The van der Waals surface area contributed by atoms with E-state index in [2.05, 4.69) is 12.1 Å². The molecule has 0 aliphatic carbocycles. The second kappa shape index (κ2) is 9.96. The number of aliphatic hydroxyl groups excluding tert-OH is 2. The standard InChI is InChI=1S/C20H26O4/c1-2-18(22)15-24-20-10-6-17(7-11-20)14-16-4-8-19(9-5-16)23-13-3-12-21/h4-11,18,21-22H,2-3,12-15H2,1H3. The fourth-order valence-electron chi connectivity index (χ4n) is 2.21. The van der Waals surface area contributed by atoms with Crippen molar-refractivity contribution >= 4 is 0 Å². The Hall–Kier alpha value is -2.04. The van der Waals surface area contributed by atoms with Crippen molar-refractivity contribution in [1.82, 2.24) is 0 Å². The van der Waals surface area contributed by atoms with Gasteiger partial charge in [0.1, 0.15) is 18.1 Å². The van der Waals surface area contributed by atoms with Crippen molar-refractivity contribution in [3.8, 4) is 11.5 Å². The SMILES string of the molecule is CCC(O)COc1ccc(Cc2ccc(OCCCO)cc2)cc1. The quantitative estimate of drug-likeness (QED) is 0.657. The van der Waals surface area contributed by atoms with Crippen molar-refractivity contribution in [2.24, 2.45) is 0 Å². The second-order valence-corrected chi connectivity index (χ2v) is 5.76. The average molecular weight is 330 g/mol. The van der Waals surface area contributed by atoms with Gasteiger partial charge < -0.3 is 19.7 Å². The lowest BCUT2D eigenvalue weighted by Crippen LogP contribution is -2.15. The summed E-state index contributed by atoms with van der Waals surface area (Å²) >= 11 is 0. The molecule has 2 N–H and O–H groups in total. The summed E-state index contributed by atoms with van der Waals surface area (Å²) in [6.45, 7) is 2.94. The highest BCUT2D eigenvalue weighted by molar-refractivity contribution is 5.34. The molecule has 0 aliphatic heterocycles. The zero-order valence-electron chi connectivity index (χ0n) is 14.1. The zero-order chi connectivity index (χ0) is 17.2. The van der Waals surface area contributed by atoms with E-state index in [4.69, 9.17) is 14.6 Å². The van der Waals surface area contributed by atoms with Crippen LogP contribution in [0.25, 0.3) is 0 Å². The van der Waals surface area contributed by atoms with Gasteiger partial charge in [0, 0.05) is 13.0 Å². The first-order chi connectivity index (χ1) is 11.7. The number of aliphatic hydroxyl groups is 2. The van der Waals surface area contributed by atoms with Crippen LogP contribution in [-0.2, 0) is 6.42 Å². The molecule has 2 rings (SSSR count). The van der Waals surface area contributed by atoms with Crippen LogP contribution in [0.1, 0.15) is 30.9 Å². The van der Waals surface area contributed by atoms with Gasteiger partial charge in [-0.05, 0) is 48.2 Å². The Morgan fingerprint density at radius 2 is 1.42 bits per heavy atom. The molecule has 0 aromatic heterocycles. The Balaban J connectivity index is 1.84. The smallest absolute Gasteiger partial charge is 0.119 e. The third kappa shape index (κ3) is 6.22. The van der Waals surface area contributed by atoms with E-state index in [0.29, 0.717) is 26.1 Å². The highest BCUT2D eigenvalue weighted by Gasteiger charge is 2.03. The summed E-state index contributed by atoms with van der Waals surface area (Å²) in [6.07, 6.45) is 1.76. The minimum absolute atomic E-state index is 0.148. The molecule has 0 radical (unpaired) electrons. The van der Waals surface area contributed by atoms with Crippen LogP contribution in [0, 0.1) is 0 Å². The number of rotatable bonds is 10. The summed E-state index contributed by atoms with van der Waals surface area (Å²) in [7, 11) is 0. The molecule has 0 bridgehead atoms. The van der Waals surface area contributed by atoms with Crippen LogP contribution in [0.4, 0.5) is 0 Å². The van der Waals surface area contributed by atoms with Crippen LogP contribution < -0.4 is 9.47 Å². The predicted molar refractivity (Wildman–Crippen MR) is 94.7 cm³/mol. The number of benzene rings is 2. The van der Waals surface area contributed by atoms with Gasteiger partial charge in [-0.2, -0.15) is 0 Å². The Labute approximate surface area is 143 Å². The summed E-state index contributed by atoms with van der Waals surface area (Å²) < 4.78 is 11.1. The Morgan fingerprint density at radius 3 is 1.92 bits per heavy atom. The minimum atomic E-state index is -0.414. The Bertz CT molecular complexity index is 578. The van der Waals surface area contributed by atoms with E-state index in [-0.39, 0.29) is 6.61 Å². The first kappa shape index (κ1) is 18.3. The molecule has 0 aliphatic rings. The van der Waals surface area contributed by atoms with Crippen LogP contribution in [0.2, 0.25) is 0 Å². The van der Waals surface area contributed by atoms with Gasteiger partial charge in [-0.3, -0.25) is 0 Å². The van der Waals surface area contributed by atoms with Crippen molar-refractivity contribution in [2.75, 3.05) is 19.8 Å². The van der Waals surface area contributed by atoms with Crippen molar-refractivity contribution in [1.29, 1.82) is 0 Å². The lowest BCUT2D eigenvalue weighted by atomic mass is 10.0. The van der Waals surface area contributed by atoms with E-state index in [9.17, 15) is 5.11 Å². The van der Waals surface area contributed by atoms with E-state index in [1.54, 1.807) is 0 Å². The maximum Gasteiger partial charge on any atom is 0.119 e. The monoisotopic (exact) mass is 330 g/mol. The third-order valence-electron chi connectivity index (χ3n) is 3.74. The molecule has 0 amide bonds. The molecular formula is C20H26O4. The maximum absolute atomic E-state index is 9.51. The second-order valence-electron chi connectivity index (χ2n) is 5.76. The molecule has 4 nitrogen and oxygen atoms in total. The van der Waals surface area contributed by atoms with Gasteiger partial charge in [0.05, 0.1) is 12.7 Å². The van der Waals surface area contributed by atoms with Gasteiger partial charge in [0.15, 0.2) is 0 Å². The van der Waals surface area contributed by atoms with E-state index in [0.717, 1.165) is 17.9 Å². The van der Waals surface area contributed by atoms with Gasteiger partial charge in [0.2, 0.25) is 0 Å². The first-order valence-corrected chi connectivity index (χ1v) is 8.43. The summed E-state index contributed by atoms with van der Waals surface area (Å²) in [5.41, 5.74) is 2.41. The maximum atomic E-state index is 9.51. The molecule has 2 aromatic carbocycles. The number of hydrogen-bond donors (Lipinski definition) is 2. The predicted octanol–water partition coefficient (Wildman–Crippen LogP) is 3.19. The van der Waals surface area contributed by atoms with Gasteiger partial charge in [-0.1, -0.05) is 31.2 Å². The summed E-state index contributed by atoms with van der Waals surface area (Å²) in [4.78, 5) is 0. The fourth-order valence-corrected chi connectivity index (χ4v) is 2.21. The van der Waals surface area contributed by atoms with Crippen LogP contribution >= 0.6 is 0 Å². The molecule has 2 aromatic rings. The van der Waals surface area contributed by atoms with Gasteiger partial charge in [-0.25, -0.2) is 0 Å². The molecule has 4 heteroatoms. The highest BCUT2D eigenvalue weighted by Crippen LogP contribution is 2.18. The lowest BCUT2D eigenvalue weighted by Gasteiger charge is -2.11. The normalized spacial score (nSPS) is 12.0. The van der Waals surface area contributed by atoms with Gasteiger partial charge in [-0.15, -0.1) is 0 Å². The molecule has 130 valence electrons. The number of hydrogen-bond acceptors (Lipinski definition) is 4.